The van der Waals surface area contributed by atoms with Crippen molar-refractivity contribution < 1.29 is 29.5 Å². The molecule has 1 aromatic carbocycles. The normalized spacial score (nSPS) is 30.6. The van der Waals surface area contributed by atoms with Crippen LogP contribution < -0.4 is 5.32 Å². The van der Waals surface area contributed by atoms with E-state index in [4.69, 9.17) is 4.74 Å². The molecule has 2 amide bonds. The Balaban J connectivity index is 2.11. The molecule has 2 heterocycles. The first-order valence-corrected chi connectivity index (χ1v) is 9.08. The second kappa shape index (κ2) is 6.72. The monoisotopic (exact) mass is 361 g/mol. The summed E-state index contributed by atoms with van der Waals surface area (Å²) in [6.45, 7) is 5.83. The summed E-state index contributed by atoms with van der Waals surface area (Å²) in [6.07, 6.45) is 0.387. The van der Waals surface area contributed by atoms with Gasteiger partial charge in [-0.3, -0.25) is 14.5 Å². The molecule has 2 saturated heterocycles. The number of fused-ring (bicyclic) bond motifs is 1. The fourth-order valence-corrected chi connectivity index (χ4v) is 4.44. The molecule has 3 rings (SSSR count). The molecule has 140 valence electrons. The molecular weight excluding hydrogens is 336 g/mol. The highest BCUT2D eigenvalue weighted by molar-refractivity contribution is 6.08. The number of carbonyl (C=O) groups is 3. The highest BCUT2D eigenvalue weighted by Crippen LogP contribution is 2.45. The van der Waals surface area contributed by atoms with E-state index in [2.05, 4.69) is 0 Å². The first-order chi connectivity index (χ1) is 12.4. The third kappa shape index (κ3) is 2.49. The molecular formula is C19H25N2O5+. The van der Waals surface area contributed by atoms with Gasteiger partial charge in [0.05, 0.1) is 6.61 Å². The fraction of sp³-hybridized carbons (Fsp3) is 0.526. The van der Waals surface area contributed by atoms with E-state index in [0.717, 1.165) is 5.56 Å². The van der Waals surface area contributed by atoms with Crippen molar-refractivity contribution in [1.82, 2.24) is 4.90 Å². The zero-order valence-corrected chi connectivity index (χ0v) is 15.3. The largest absolute Gasteiger partial charge is 0.508 e. The maximum absolute atomic E-state index is 13.0. The summed E-state index contributed by atoms with van der Waals surface area (Å²) in [4.78, 5) is 40.0. The highest BCUT2D eigenvalue weighted by atomic mass is 16.5. The van der Waals surface area contributed by atoms with Crippen molar-refractivity contribution in [3.05, 3.63) is 29.8 Å². The molecule has 0 aromatic heterocycles. The number of nitrogens with two attached hydrogens (primary N) is 1. The molecule has 0 radical (unpaired) electrons. The average Bonchev–Trinajstić information content (AvgIpc) is 3.11. The van der Waals surface area contributed by atoms with Gasteiger partial charge in [-0.15, -0.1) is 0 Å². The predicted octanol–water partition coefficient (Wildman–Crippen LogP) is 0.343. The van der Waals surface area contributed by atoms with Crippen LogP contribution in [0.25, 0.3) is 0 Å². The summed E-state index contributed by atoms with van der Waals surface area (Å²) in [6, 6.07) is 6.19. The lowest BCUT2D eigenvalue weighted by atomic mass is 9.78. The molecule has 2 fully saturated rings. The van der Waals surface area contributed by atoms with E-state index in [-0.39, 0.29) is 36.8 Å². The number of aromatic hydroxyl groups is 1. The summed E-state index contributed by atoms with van der Waals surface area (Å²) in [5.41, 5.74) is -0.309. The first-order valence-electron chi connectivity index (χ1n) is 9.08. The van der Waals surface area contributed by atoms with Crippen molar-refractivity contribution in [2.45, 2.75) is 38.8 Å². The Hall–Kier alpha value is -2.41. The Labute approximate surface area is 152 Å². The number of phenols is 1. The number of quaternary nitrogens is 1. The number of hydrogen-bond acceptors (Lipinski definition) is 5. The van der Waals surface area contributed by atoms with Gasteiger partial charge in [-0.05, 0) is 38.1 Å². The molecule has 2 aliphatic rings. The van der Waals surface area contributed by atoms with Crippen molar-refractivity contribution in [2.75, 3.05) is 13.2 Å². The molecule has 0 saturated carbocycles. The summed E-state index contributed by atoms with van der Waals surface area (Å²) >= 11 is 0. The van der Waals surface area contributed by atoms with Crippen LogP contribution in [0.1, 0.15) is 38.8 Å². The Morgan fingerprint density at radius 3 is 2.38 bits per heavy atom. The maximum atomic E-state index is 13.0. The van der Waals surface area contributed by atoms with E-state index in [1.807, 2.05) is 12.2 Å². The van der Waals surface area contributed by atoms with Gasteiger partial charge in [0.25, 0.3) is 0 Å². The van der Waals surface area contributed by atoms with E-state index in [9.17, 15) is 19.5 Å². The van der Waals surface area contributed by atoms with Crippen LogP contribution in [0.5, 0.6) is 5.75 Å². The molecule has 7 heteroatoms. The fourth-order valence-electron chi connectivity index (χ4n) is 4.44. The van der Waals surface area contributed by atoms with Crippen LogP contribution in [-0.2, 0) is 19.1 Å². The van der Waals surface area contributed by atoms with Gasteiger partial charge in [-0.1, -0.05) is 6.92 Å². The number of nitrogens with zero attached hydrogens (tertiary/aromatic N) is 1. The predicted molar refractivity (Wildman–Crippen MR) is 91.8 cm³/mol. The topological polar surface area (TPSA) is 101 Å². The second-order valence-electron chi connectivity index (χ2n) is 6.82. The van der Waals surface area contributed by atoms with Crippen molar-refractivity contribution in [2.24, 2.45) is 11.8 Å². The lowest BCUT2D eigenvalue weighted by Crippen LogP contribution is -2.98. The van der Waals surface area contributed by atoms with E-state index in [1.54, 1.807) is 38.1 Å². The van der Waals surface area contributed by atoms with Gasteiger partial charge in [0.2, 0.25) is 17.4 Å². The first kappa shape index (κ1) is 18.4. The van der Waals surface area contributed by atoms with Gasteiger partial charge in [-0.2, -0.15) is 0 Å². The summed E-state index contributed by atoms with van der Waals surface area (Å²) in [5.74, 6) is -2.21. The lowest BCUT2D eigenvalue weighted by molar-refractivity contribution is -0.734. The molecule has 4 atom stereocenters. The minimum Gasteiger partial charge on any atom is -0.508 e. The number of ether oxygens (including phenoxy) is 1. The molecule has 0 aliphatic carbocycles. The van der Waals surface area contributed by atoms with Crippen molar-refractivity contribution in [3.8, 4) is 5.75 Å². The summed E-state index contributed by atoms with van der Waals surface area (Å²) in [7, 11) is 0. The van der Waals surface area contributed by atoms with Crippen molar-refractivity contribution in [1.29, 1.82) is 0 Å². The van der Waals surface area contributed by atoms with E-state index < -0.39 is 23.3 Å². The van der Waals surface area contributed by atoms with Crippen LogP contribution in [0.15, 0.2) is 24.3 Å². The number of likely N-dealkylation sites (tertiary alicyclic amines) is 1. The van der Waals surface area contributed by atoms with Gasteiger partial charge < -0.3 is 15.2 Å². The van der Waals surface area contributed by atoms with Gasteiger partial charge in [-0.25, -0.2) is 4.79 Å². The van der Waals surface area contributed by atoms with Crippen LogP contribution in [0.2, 0.25) is 0 Å². The van der Waals surface area contributed by atoms with Crippen LogP contribution in [0.3, 0.4) is 0 Å². The number of esters is 1. The third-order valence-electron chi connectivity index (χ3n) is 5.70. The van der Waals surface area contributed by atoms with Crippen LogP contribution >= 0.6 is 0 Å². The van der Waals surface area contributed by atoms with Gasteiger partial charge in [0, 0.05) is 18.5 Å². The molecule has 7 nitrogen and oxygen atoms in total. The number of amides is 2. The Kier molecular flexibility index (Phi) is 4.75. The van der Waals surface area contributed by atoms with E-state index in [0.29, 0.717) is 6.42 Å². The molecule has 1 aromatic rings. The maximum Gasteiger partial charge on any atom is 0.368 e. The number of rotatable bonds is 5. The summed E-state index contributed by atoms with van der Waals surface area (Å²) in [5, 5.41) is 11.4. The van der Waals surface area contributed by atoms with Gasteiger partial charge in [0.15, 0.2) is 0 Å². The second-order valence-corrected chi connectivity index (χ2v) is 6.82. The third-order valence-corrected chi connectivity index (χ3v) is 5.70. The lowest BCUT2D eigenvalue weighted by Gasteiger charge is -2.28. The Morgan fingerprint density at radius 1 is 1.19 bits per heavy atom. The molecule has 0 spiro atoms. The zero-order valence-electron chi connectivity index (χ0n) is 15.3. The van der Waals surface area contributed by atoms with E-state index in [1.165, 1.54) is 4.90 Å². The SMILES string of the molecule is CCOC(=O)[C@@]1(CC)[NH2+][C@@H](c2ccc(O)cc2)[C@H]2C(=O)N(CC)C(=O)[C@@H]21. The average molecular weight is 361 g/mol. The molecule has 26 heavy (non-hydrogen) atoms. The molecule has 2 aliphatic heterocycles. The smallest absolute Gasteiger partial charge is 0.368 e. The molecule has 0 unspecified atom stereocenters. The van der Waals surface area contributed by atoms with Crippen LogP contribution in [0.4, 0.5) is 0 Å². The minimum atomic E-state index is -1.11. The number of carbonyl (C=O) groups excluding carboxylic acids is 3. The van der Waals surface area contributed by atoms with Crippen molar-refractivity contribution >= 4 is 17.8 Å². The van der Waals surface area contributed by atoms with E-state index >= 15 is 0 Å². The number of phenolic OH excluding ortho intramolecular Hbond substituents is 1. The van der Waals surface area contributed by atoms with Gasteiger partial charge >= 0.3 is 5.97 Å². The van der Waals surface area contributed by atoms with Crippen LogP contribution in [0, 0.1) is 11.8 Å². The zero-order chi connectivity index (χ0) is 19.1. The van der Waals surface area contributed by atoms with Crippen molar-refractivity contribution in [3.63, 3.8) is 0 Å². The number of hydrogen-bond donors (Lipinski definition) is 2. The Morgan fingerprint density at radius 2 is 1.85 bits per heavy atom. The Bertz CT molecular complexity index is 732. The molecule has 0 bridgehead atoms. The highest BCUT2D eigenvalue weighted by Gasteiger charge is 2.71. The number of benzene rings is 1. The number of imide groups is 1. The van der Waals surface area contributed by atoms with Crippen LogP contribution in [-0.4, -0.2) is 46.5 Å². The van der Waals surface area contributed by atoms with Gasteiger partial charge in [0.1, 0.15) is 23.6 Å². The minimum absolute atomic E-state index is 0.124. The molecule has 3 N–H and O–H groups in total. The summed E-state index contributed by atoms with van der Waals surface area (Å²) < 4.78 is 5.29. The quantitative estimate of drug-likeness (QED) is 0.582. The standard InChI is InChI=1S/C19H24N2O5/c1-4-19(18(25)26-6-3)14-13(16(23)21(5-2)17(14)24)15(20-19)11-7-9-12(22)10-8-11/h7-10,13-15,20,22H,4-6H2,1-3H3/p+1/t13-,14+,15-,19-/m0/s1.